The van der Waals surface area contributed by atoms with Gasteiger partial charge in [-0.2, -0.15) is 0 Å². The Labute approximate surface area is 376 Å². The Bertz CT molecular complexity index is 3880. The fraction of sp³-hybridized carbons (Fsp3) is 0. The number of aromatic nitrogens is 1. The summed E-state index contributed by atoms with van der Waals surface area (Å²) >= 11 is 0. The van der Waals surface area contributed by atoms with E-state index in [2.05, 4.69) is 252 Å². The Balaban J connectivity index is 0.912. The van der Waals surface area contributed by atoms with Crippen LogP contribution in [0, 0.1) is 0 Å². The SMILES string of the molecule is c1ccc(-n2c3ccccc3c3ccccc32)c(-c2ccc(N(c3ccc(-c4ccc5ccccc5c4)cc3)c3ccc(-c4cccc5oc6c7ccccc7ccc6c45)cc3)cc2)c1. The van der Waals surface area contributed by atoms with E-state index >= 15 is 0 Å². The molecule has 0 aliphatic carbocycles. The molecule has 0 spiro atoms. The van der Waals surface area contributed by atoms with Crippen LogP contribution in [0.5, 0.6) is 0 Å². The summed E-state index contributed by atoms with van der Waals surface area (Å²) in [4.78, 5) is 2.36. The molecule has 0 amide bonds. The monoisotopic (exact) mass is 828 g/mol. The maximum atomic E-state index is 6.57. The summed E-state index contributed by atoms with van der Waals surface area (Å²) < 4.78 is 8.98. The van der Waals surface area contributed by atoms with Crippen LogP contribution in [0.3, 0.4) is 0 Å². The fourth-order valence-corrected chi connectivity index (χ4v) is 10.1. The van der Waals surface area contributed by atoms with Crippen LogP contribution in [-0.4, -0.2) is 4.57 Å². The third-order valence-electron chi connectivity index (χ3n) is 13.2. The molecule has 65 heavy (non-hydrogen) atoms. The van der Waals surface area contributed by atoms with E-state index in [-0.39, 0.29) is 0 Å². The normalized spacial score (nSPS) is 11.7. The van der Waals surface area contributed by atoms with Crippen LogP contribution in [0.1, 0.15) is 0 Å². The van der Waals surface area contributed by atoms with E-state index < -0.39 is 0 Å². The maximum absolute atomic E-state index is 6.57. The number of fused-ring (bicyclic) bond motifs is 9. The van der Waals surface area contributed by atoms with Crippen molar-refractivity contribution in [3.05, 3.63) is 243 Å². The molecule has 0 saturated carbocycles. The minimum atomic E-state index is 0.894. The lowest BCUT2D eigenvalue weighted by atomic mass is 9.97. The molecule has 13 aromatic rings. The fourth-order valence-electron chi connectivity index (χ4n) is 10.1. The number of furan rings is 1. The summed E-state index contributed by atoms with van der Waals surface area (Å²) in [5.74, 6) is 0. The molecule has 0 aliphatic heterocycles. The van der Waals surface area contributed by atoms with Gasteiger partial charge in [-0.1, -0.05) is 170 Å². The van der Waals surface area contributed by atoms with E-state index in [0.717, 1.165) is 66.8 Å². The minimum absolute atomic E-state index is 0.894. The van der Waals surface area contributed by atoms with Crippen molar-refractivity contribution in [3.8, 4) is 39.1 Å². The third kappa shape index (κ3) is 6.12. The molecule has 2 aromatic heterocycles. The predicted molar refractivity (Wildman–Crippen MR) is 274 cm³/mol. The van der Waals surface area contributed by atoms with Gasteiger partial charge >= 0.3 is 0 Å². The first-order chi connectivity index (χ1) is 32.2. The molecule has 0 fully saturated rings. The van der Waals surface area contributed by atoms with Gasteiger partial charge in [-0.3, -0.25) is 0 Å². The topological polar surface area (TPSA) is 21.3 Å². The highest BCUT2D eigenvalue weighted by atomic mass is 16.3. The zero-order valence-corrected chi connectivity index (χ0v) is 35.4. The van der Waals surface area contributed by atoms with Crippen molar-refractivity contribution in [1.29, 1.82) is 0 Å². The molecule has 2 heterocycles. The van der Waals surface area contributed by atoms with Crippen LogP contribution in [0.2, 0.25) is 0 Å². The van der Waals surface area contributed by atoms with Crippen molar-refractivity contribution in [2.45, 2.75) is 0 Å². The third-order valence-corrected chi connectivity index (χ3v) is 13.2. The molecule has 0 N–H and O–H groups in total. The van der Waals surface area contributed by atoms with Gasteiger partial charge in [0.15, 0.2) is 0 Å². The summed E-state index contributed by atoms with van der Waals surface area (Å²) in [6, 6.07) is 87.7. The first-order valence-electron chi connectivity index (χ1n) is 22.2. The molecule has 11 aromatic carbocycles. The van der Waals surface area contributed by atoms with E-state index in [1.807, 2.05) is 0 Å². The number of nitrogens with zero attached hydrogens (tertiary/aromatic N) is 2. The van der Waals surface area contributed by atoms with Gasteiger partial charge < -0.3 is 13.9 Å². The van der Waals surface area contributed by atoms with Crippen molar-refractivity contribution in [2.24, 2.45) is 0 Å². The average Bonchev–Trinajstić information content (AvgIpc) is 3.94. The van der Waals surface area contributed by atoms with E-state index in [1.165, 1.54) is 54.7 Å². The molecular formula is C62H40N2O. The Morgan fingerprint density at radius 1 is 0.323 bits per heavy atom. The Kier molecular flexibility index (Phi) is 8.53. The largest absolute Gasteiger partial charge is 0.455 e. The summed E-state index contributed by atoms with van der Waals surface area (Å²) in [5.41, 5.74) is 15.6. The zero-order valence-electron chi connectivity index (χ0n) is 35.4. The van der Waals surface area contributed by atoms with Gasteiger partial charge in [0.05, 0.1) is 16.7 Å². The molecule has 0 radical (unpaired) electrons. The zero-order chi connectivity index (χ0) is 42.8. The molecule has 0 atom stereocenters. The van der Waals surface area contributed by atoms with Gasteiger partial charge in [-0.05, 0) is 117 Å². The summed E-state index contributed by atoms with van der Waals surface area (Å²) in [6.07, 6.45) is 0. The molecule has 0 saturated heterocycles. The first-order valence-corrected chi connectivity index (χ1v) is 22.2. The van der Waals surface area contributed by atoms with Crippen molar-refractivity contribution in [3.63, 3.8) is 0 Å². The van der Waals surface area contributed by atoms with Crippen LogP contribution in [0.4, 0.5) is 17.1 Å². The van der Waals surface area contributed by atoms with Crippen LogP contribution >= 0.6 is 0 Å². The van der Waals surface area contributed by atoms with Crippen LogP contribution in [0.15, 0.2) is 247 Å². The number of hydrogen-bond acceptors (Lipinski definition) is 2. The molecule has 0 unspecified atom stereocenters. The van der Waals surface area contributed by atoms with Crippen molar-refractivity contribution in [1.82, 2.24) is 4.57 Å². The number of anilines is 3. The van der Waals surface area contributed by atoms with Gasteiger partial charge in [0.1, 0.15) is 11.2 Å². The molecule has 0 bridgehead atoms. The highest BCUT2D eigenvalue weighted by Crippen LogP contribution is 2.43. The molecule has 3 nitrogen and oxygen atoms in total. The van der Waals surface area contributed by atoms with E-state index in [1.54, 1.807) is 0 Å². The average molecular weight is 829 g/mol. The predicted octanol–water partition coefficient (Wildman–Crippen LogP) is 17.5. The van der Waals surface area contributed by atoms with E-state index in [4.69, 9.17) is 4.42 Å². The number of para-hydroxylation sites is 3. The van der Waals surface area contributed by atoms with Gasteiger partial charge in [-0.15, -0.1) is 0 Å². The van der Waals surface area contributed by atoms with Crippen molar-refractivity contribution in [2.75, 3.05) is 4.90 Å². The summed E-state index contributed by atoms with van der Waals surface area (Å²) in [7, 11) is 0. The van der Waals surface area contributed by atoms with Gasteiger partial charge in [-0.25, -0.2) is 0 Å². The minimum Gasteiger partial charge on any atom is -0.455 e. The maximum Gasteiger partial charge on any atom is 0.143 e. The number of hydrogen-bond donors (Lipinski definition) is 0. The summed E-state index contributed by atoms with van der Waals surface area (Å²) in [5, 5.41) is 9.57. The van der Waals surface area contributed by atoms with E-state index in [9.17, 15) is 0 Å². The Morgan fingerprint density at radius 3 is 1.52 bits per heavy atom. The molecule has 0 aliphatic rings. The second-order valence-corrected chi connectivity index (χ2v) is 16.9. The Morgan fingerprint density at radius 2 is 0.831 bits per heavy atom. The lowest BCUT2D eigenvalue weighted by molar-refractivity contribution is 0.673. The van der Waals surface area contributed by atoms with E-state index in [0.29, 0.717) is 0 Å². The van der Waals surface area contributed by atoms with Gasteiger partial charge in [0.25, 0.3) is 0 Å². The van der Waals surface area contributed by atoms with Gasteiger partial charge in [0.2, 0.25) is 0 Å². The van der Waals surface area contributed by atoms with Crippen LogP contribution in [-0.2, 0) is 0 Å². The molecule has 13 rings (SSSR count). The highest BCUT2D eigenvalue weighted by molar-refractivity contribution is 6.19. The summed E-state index contributed by atoms with van der Waals surface area (Å²) in [6.45, 7) is 0. The first kappa shape index (κ1) is 36.9. The quantitative estimate of drug-likeness (QED) is 0.160. The van der Waals surface area contributed by atoms with Crippen LogP contribution < -0.4 is 4.90 Å². The molecule has 304 valence electrons. The smallest absolute Gasteiger partial charge is 0.143 e. The molecule has 3 heteroatoms. The second-order valence-electron chi connectivity index (χ2n) is 16.9. The van der Waals surface area contributed by atoms with Crippen molar-refractivity contribution >= 4 is 82.4 Å². The number of benzene rings is 11. The van der Waals surface area contributed by atoms with Gasteiger partial charge in [0, 0.05) is 49.6 Å². The lowest BCUT2D eigenvalue weighted by Gasteiger charge is -2.26. The Hall–Kier alpha value is -8.66. The highest BCUT2D eigenvalue weighted by Gasteiger charge is 2.19. The molecular weight excluding hydrogens is 789 g/mol. The standard InChI is InChI=1S/C62H40N2O/c1-2-14-46-40-47(25-24-41(46)12-1)42-26-33-48(34-27-42)63(50-37-30-45(31-38-50)52-19-11-23-60-61(52)56-39-32-43-13-3-4-16-53(43)62(56)65-60)49-35-28-44(29-36-49)51-15-5-8-20-57(51)64-58-21-9-6-17-54(58)55-18-7-10-22-59(55)64/h1-40H. The van der Waals surface area contributed by atoms with Crippen LogP contribution in [0.25, 0.3) is 104 Å². The number of rotatable bonds is 7. The lowest BCUT2D eigenvalue weighted by Crippen LogP contribution is -2.09. The van der Waals surface area contributed by atoms with Crippen molar-refractivity contribution < 1.29 is 4.42 Å². The second kappa shape index (κ2) is 15.0.